The number of nitro benzene ring substituents is 1. The SMILES string of the molecule is Cc1cc(/C=N/NC(=O)CN(c2cccc([N+](=O)[O-])c2)S(=O)(=O)c2ccccc2)c(C)n1-c1ccccc1. The average Bonchev–Trinajstić information content (AvgIpc) is 3.20. The maximum absolute atomic E-state index is 13.4. The summed E-state index contributed by atoms with van der Waals surface area (Å²) < 4.78 is 29.7. The zero-order valence-electron chi connectivity index (χ0n) is 20.7. The van der Waals surface area contributed by atoms with E-state index in [1.54, 1.807) is 18.2 Å². The fourth-order valence-electron chi connectivity index (χ4n) is 4.03. The molecule has 4 rings (SSSR count). The van der Waals surface area contributed by atoms with Crippen molar-refractivity contribution in [2.45, 2.75) is 18.7 Å². The highest BCUT2D eigenvalue weighted by Gasteiger charge is 2.28. The standard InChI is InChI=1S/C27H25N5O5S/c1-20-16-22(21(2)31(20)23-10-5-3-6-11-23)18-28-29-27(33)19-30(24-12-9-13-25(17-24)32(34)35)38(36,37)26-14-7-4-8-15-26/h3-18H,19H2,1-2H3,(H,29,33)/b28-18+. The van der Waals surface area contributed by atoms with E-state index < -0.39 is 27.4 Å². The van der Waals surface area contributed by atoms with Gasteiger partial charge in [0.2, 0.25) is 0 Å². The zero-order chi connectivity index (χ0) is 27.3. The molecule has 10 nitrogen and oxygen atoms in total. The number of aryl methyl sites for hydroxylation is 1. The fraction of sp³-hybridized carbons (Fsp3) is 0.111. The van der Waals surface area contributed by atoms with Crippen molar-refractivity contribution in [2.75, 3.05) is 10.8 Å². The van der Waals surface area contributed by atoms with E-state index in [0.29, 0.717) is 0 Å². The Balaban J connectivity index is 1.58. The Morgan fingerprint density at radius 2 is 1.66 bits per heavy atom. The van der Waals surface area contributed by atoms with Gasteiger partial charge in [0.15, 0.2) is 0 Å². The predicted molar refractivity (Wildman–Crippen MR) is 145 cm³/mol. The van der Waals surface area contributed by atoms with Crippen LogP contribution in [0.25, 0.3) is 5.69 Å². The van der Waals surface area contributed by atoms with Crippen LogP contribution in [0.4, 0.5) is 11.4 Å². The first-order valence-electron chi connectivity index (χ1n) is 11.6. The van der Waals surface area contributed by atoms with E-state index in [-0.39, 0.29) is 16.3 Å². The number of hydrogen-bond donors (Lipinski definition) is 1. The van der Waals surface area contributed by atoms with Crippen LogP contribution in [0.5, 0.6) is 0 Å². The van der Waals surface area contributed by atoms with Gasteiger partial charge in [-0.25, -0.2) is 13.8 Å². The first-order valence-corrected chi connectivity index (χ1v) is 13.0. The number of benzene rings is 3. The van der Waals surface area contributed by atoms with Crippen molar-refractivity contribution in [2.24, 2.45) is 5.10 Å². The Kier molecular flexibility index (Phi) is 7.68. The second-order valence-corrected chi connectivity index (χ2v) is 10.3. The number of non-ortho nitro benzene ring substituents is 1. The molecule has 1 N–H and O–H groups in total. The molecule has 194 valence electrons. The van der Waals surface area contributed by atoms with Crippen molar-refractivity contribution in [3.8, 4) is 5.69 Å². The van der Waals surface area contributed by atoms with Crippen molar-refractivity contribution in [1.82, 2.24) is 9.99 Å². The second kappa shape index (κ2) is 11.1. The molecule has 0 saturated heterocycles. The molecule has 1 amide bonds. The third-order valence-electron chi connectivity index (χ3n) is 5.82. The molecule has 11 heteroatoms. The van der Waals surface area contributed by atoms with E-state index in [0.717, 1.165) is 33.0 Å². The van der Waals surface area contributed by atoms with Crippen LogP contribution in [0.2, 0.25) is 0 Å². The number of nitro groups is 1. The Bertz CT molecular complexity index is 1600. The van der Waals surface area contributed by atoms with E-state index in [1.807, 2.05) is 50.2 Å². The van der Waals surface area contributed by atoms with Crippen LogP contribution in [0.15, 0.2) is 101 Å². The highest BCUT2D eigenvalue weighted by molar-refractivity contribution is 7.92. The van der Waals surface area contributed by atoms with Crippen LogP contribution in [0, 0.1) is 24.0 Å². The normalized spacial score (nSPS) is 11.4. The summed E-state index contributed by atoms with van der Waals surface area (Å²) >= 11 is 0. The number of para-hydroxylation sites is 1. The van der Waals surface area contributed by atoms with Gasteiger partial charge in [-0.1, -0.05) is 42.5 Å². The molecule has 3 aromatic carbocycles. The second-order valence-electron chi connectivity index (χ2n) is 8.39. The summed E-state index contributed by atoms with van der Waals surface area (Å²) in [6.45, 7) is 3.25. The number of nitrogens with zero attached hydrogens (tertiary/aromatic N) is 4. The third-order valence-corrected chi connectivity index (χ3v) is 7.61. The molecule has 38 heavy (non-hydrogen) atoms. The summed E-state index contributed by atoms with van der Waals surface area (Å²) in [5, 5.41) is 15.3. The van der Waals surface area contributed by atoms with Crippen LogP contribution in [0.1, 0.15) is 17.0 Å². The molecule has 0 atom stereocenters. The first kappa shape index (κ1) is 26.3. The van der Waals surface area contributed by atoms with Gasteiger partial charge in [-0.05, 0) is 50.2 Å². The molecular weight excluding hydrogens is 506 g/mol. The third kappa shape index (κ3) is 5.62. The lowest BCUT2D eigenvalue weighted by atomic mass is 10.2. The van der Waals surface area contributed by atoms with Crippen molar-refractivity contribution >= 4 is 33.5 Å². The van der Waals surface area contributed by atoms with Crippen molar-refractivity contribution in [3.63, 3.8) is 0 Å². The summed E-state index contributed by atoms with van der Waals surface area (Å²) in [5.41, 5.74) is 5.71. The molecule has 0 aliphatic rings. The number of carbonyl (C=O) groups excluding carboxylic acids is 1. The minimum atomic E-state index is -4.21. The van der Waals surface area contributed by atoms with Gasteiger partial charge in [0, 0.05) is 34.8 Å². The van der Waals surface area contributed by atoms with Gasteiger partial charge in [-0.2, -0.15) is 5.10 Å². The molecule has 0 radical (unpaired) electrons. The van der Waals surface area contributed by atoms with E-state index in [4.69, 9.17) is 0 Å². The number of sulfonamides is 1. The Hall–Kier alpha value is -4.77. The molecule has 1 aromatic heterocycles. The van der Waals surface area contributed by atoms with Gasteiger partial charge < -0.3 is 4.57 Å². The lowest BCUT2D eigenvalue weighted by Crippen LogP contribution is -2.39. The van der Waals surface area contributed by atoms with Gasteiger partial charge >= 0.3 is 0 Å². The molecule has 0 fully saturated rings. The summed E-state index contributed by atoms with van der Waals surface area (Å²) in [6.07, 6.45) is 1.49. The van der Waals surface area contributed by atoms with Crippen molar-refractivity contribution in [1.29, 1.82) is 0 Å². The van der Waals surface area contributed by atoms with Crippen LogP contribution in [0.3, 0.4) is 0 Å². The number of carbonyl (C=O) groups is 1. The van der Waals surface area contributed by atoms with Crippen molar-refractivity contribution < 1.29 is 18.1 Å². The Morgan fingerprint density at radius 3 is 2.32 bits per heavy atom. The van der Waals surface area contributed by atoms with Gasteiger partial charge in [0.1, 0.15) is 6.54 Å². The van der Waals surface area contributed by atoms with Crippen molar-refractivity contribution in [3.05, 3.63) is 118 Å². The zero-order valence-corrected chi connectivity index (χ0v) is 21.5. The molecule has 0 aliphatic heterocycles. The lowest BCUT2D eigenvalue weighted by molar-refractivity contribution is -0.384. The van der Waals surface area contributed by atoms with Crippen LogP contribution in [-0.2, 0) is 14.8 Å². The molecule has 0 saturated carbocycles. The summed E-state index contributed by atoms with van der Waals surface area (Å²) in [7, 11) is -4.21. The molecule has 0 bridgehead atoms. The van der Waals surface area contributed by atoms with E-state index in [9.17, 15) is 23.3 Å². The van der Waals surface area contributed by atoms with Crippen LogP contribution < -0.4 is 9.73 Å². The molecule has 0 aliphatic carbocycles. The Labute approximate surface area is 220 Å². The number of anilines is 1. The lowest BCUT2D eigenvalue weighted by Gasteiger charge is -2.23. The fourth-order valence-corrected chi connectivity index (χ4v) is 5.46. The van der Waals surface area contributed by atoms with E-state index in [2.05, 4.69) is 15.1 Å². The number of hydrazone groups is 1. The van der Waals surface area contributed by atoms with Crippen LogP contribution >= 0.6 is 0 Å². The quantitative estimate of drug-likeness (QED) is 0.195. The highest BCUT2D eigenvalue weighted by Crippen LogP contribution is 2.27. The summed E-state index contributed by atoms with van der Waals surface area (Å²) in [5.74, 6) is -0.718. The topological polar surface area (TPSA) is 127 Å². The predicted octanol–water partition coefficient (Wildman–Crippen LogP) is 4.35. The number of amides is 1. The average molecular weight is 532 g/mol. The van der Waals surface area contributed by atoms with Gasteiger partial charge in [0.25, 0.3) is 21.6 Å². The molecular formula is C27H25N5O5S. The first-order chi connectivity index (χ1) is 18.2. The number of rotatable bonds is 9. The van der Waals surface area contributed by atoms with Gasteiger partial charge in [-0.3, -0.25) is 19.2 Å². The molecule has 0 spiro atoms. The van der Waals surface area contributed by atoms with Crippen LogP contribution in [-0.4, -0.2) is 36.6 Å². The smallest absolute Gasteiger partial charge is 0.271 e. The molecule has 4 aromatic rings. The summed E-state index contributed by atoms with van der Waals surface area (Å²) in [4.78, 5) is 23.4. The number of nitrogens with one attached hydrogen (secondary N) is 1. The van der Waals surface area contributed by atoms with E-state index >= 15 is 0 Å². The highest BCUT2D eigenvalue weighted by atomic mass is 32.2. The monoisotopic (exact) mass is 531 g/mol. The van der Waals surface area contributed by atoms with Gasteiger partial charge in [0.05, 0.1) is 21.7 Å². The Morgan fingerprint density at radius 1 is 1.00 bits per heavy atom. The molecule has 0 unspecified atom stereocenters. The van der Waals surface area contributed by atoms with E-state index in [1.165, 1.54) is 36.5 Å². The largest absolute Gasteiger partial charge is 0.318 e. The number of hydrogen-bond acceptors (Lipinski definition) is 6. The minimum absolute atomic E-state index is 0.0198. The number of aromatic nitrogens is 1. The maximum atomic E-state index is 13.4. The van der Waals surface area contributed by atoms with Gasteiger partial charge in [-0.15, -0.1) is 0 Å². The molecule has 1 heterocycles. The summed E-state index contributed by atoms with van der Waals surface area (Å²) in [6, 6.07) is 24.4. The minimum Gasteiger partial charge on any atom is -0.318 e. The maximum Gasteiger partial charge on any atom is 0.271 e.